The number of aliphatic hydroxyl groups is 3. The highest BCUT2D eigenvalue weighted by Crippen LogP contribution is 2.17. The number of allylic oxidation sites excluding steroid dienone is 2. The molecule has 4 N–H and O–H groups in total. The van der Waals surface area contributed by atoms with Gasteiger partial charge in [-0.25, -0.2) is 0 Å². The van der Waals surface area contributed by atoms with Crippen molar-refractivity contribution in [1.82, 2.24) is 5.32 Å². The second-order valence-electron chi connectivity index (χ2n) is 17.4. The van der Waals surface area contributed by atoms with Gasteiger partial charge in [0.05, 0.1) is 31.3 Å². The van der Waals surface area contributed by atoms with E-state index in [2.05, 4.69) is 31.3 Å². The number of hydrogen-bond donors (Lipinski definition) is 4. The van der Waals surface area contributed by atoms with Gasteiger partial charge in [0.25, 0.3) is 0 Å². The lowest BCUT2D eigenvalue weighted by Gasteiger charge is -2.23. The molecule has 0 heterocycles. The number of hydrogen-bond acceptors (Lipinski definition) is 4. The van der Waals surface area contributed by atoms with Gasteiger partial charge >= 0.3 is 0 Å². The van der Waals surface area contributed by atoms with Crippen LogP contribution in [0.4, 0.5) is 0 Å². The quantitative estimate of drug-likeness (QED) is 0.0366. The smallest absolute Gasteiger partial charge is 0.222 e. The Morgan fingerprint density at radius 3 is 1.07 bits per heavy atom. The van der Waals surface area contributed by atoms with E-state index in [1.807, 2.05) is 0 Å². The highest BCUT2D eigenvalue weighted by Gasteiger charge is 2.21. The molecule has 0 spiro atoms. The molecule has 0 rings (SSSR count). The minimum Gasteiger partial charge on any atom is -0.394 e. The molecule has 5 nitrogen and oxygen atoms in total. The first-order chi connectivity index (χ1) is 27.0. The predicted molar refractivity (Wildman–Crippen MR) is 241 cm³/mol. The first-order valence-electron chi connectivity index (χ1n) is 25.0. The first kappa shape index (κ1) is 54.1. The predicted octanol–water partition coefficient (Wildman–Crippen LogP) is 14.8. The lowest BCUT2D eigenvalue weighted by Crippen LogP contribution is -2.46. The van der Waals surface area contributed by atoms with Crippen molar-refractivity contribution in [3.05, 3.63) is 12.2 Å². The SMILES string of the molecule is CCCCCCCCCCC/C=C\CCCCCC(O)CC(=O)NC(CO)C(O)CCCCCCCCCCCCCCCCCCCCCCCCCC. The largest absolute Gasteiger partial charge is 0.394 e. The van der Waals surface area contributed by atoms with Gasteiger partial charge in [-0.3, -0.25) is 4.79 Å². The van der Waals surface area contributed by atoms with Crippen molar-refractivity contribution in [2.75, 3.05) is 6.61 Å². The second kappa shape index (κ2) is 45.8. The molecule has 3 unspecified atom stereocenters. The summed E-state index contributed by atoms with van der Waals surface area (Å²) in [6, 6.07) is -0.661. The molecule has 0 aromatic rings. The van der Waals surface area contributed by atoms with Gasteiger partial charge in [-0.1, -0.05) is 244 Å². The Morgan fingerprint density at radius 2 is 0.727 bits per heavy atom. The molecule has 3 atom stereocenters. The Morgan fingerprint density at radius 1 is 0.436 bits per heavy atom. The first-order valence-corrected chi connectivity index (χ1v) is 25.0. The fourth-order valence-corrected chi connectivity index (χ4v) is 7.99. The molecule has 1 amide bonds. The summed E-state index contributed by atoms with van der Waals surface area (Å²) in [5.74, 6) is -0.287. The van der Waals surface area contributed by atoms with Crippen LogP contribution in [0.25, 0.3) is 0 Å². The van der Waals surface area contributed by atoms with E-state index in [-0.39, 0.29) is 18.9 Å². The Balaban J connectivity index is 3.55. The molecule has 0 saturated carbocycles. The van der Waals surface area contributed by atoms with Gasteiger partial charge in [0.2, 0.25) is 5.91 Å². The van der Waals surface area contributed by atoms with Crippen molar-refractivity contribution in [3.8, 4) is 0 Å². The zero-order valence-corrected chi connectivity index (χ0v) is 37.3. The molecule has 328 valence electrons. The second-order valence-corrected chi connectivity index (χ2v) is 17.4. The molecule has 0 fully saturated rings. The van der Waals surface area contributed by atoms with E-state index in [0.717, 1.165) is 38.5 Å². The number of unbranched alkanes of at least 4 members (excludes halogenated alkanes) is 35. The molecule has 0 radical (unpaired) electrons. The monoisotopic (exact) mass is 778 g/mol. The van der Waals surface area contributed by atoms with Gasteiger partial charge < -0.3 is 20.6 Å². The third kappa shape index (κ3) is 42.5. The fraction of sp³-hybridized carbons (Fsp3) is 0.940. The molecule has 0 aromatic carbocycles. The highest BCUT2D eigenvalue weighted by molar-refractivity contribution is 5.76. The van der Waals surface area contributed by atoms with E-state index in [0.29, 0.717) is 12.8 Å². The standard InChI is InChI=1S/C50H99NO4/c1-3-5-7-9-11-13-15-17-19-21-22-23-24-25-26-27-28-30-32-34-36-38-40-42-44-49(54)48(46-52)51-50(55)45-47(53)43-41-39-37-35-33-31-29-20-18-16-14-12-10-8-6-4-2/h31,33,47-49,52-54H,3-30,32,34-46H2,1-2H3,(H,51,55)/b33-31-. The average molecular weight is 778 g/mol. The molecule has 55 heavy (non-hydrogen) atoms. The molecule has 0 aliphatic heterocycles. The highest BCUT2D eigenvalue weighted by atomic mass is 16.3. The molecule has 0 aliphatic rings. The molecular weight excluding hydrogens is 679 g/mol. The minimum absolute atomic E-state index is 0.0291. The van der Waals surface area contributed by atoms with E-state index in [1.165, 1.54) is 205 Å². The van der Waals surface area contributed by atoms with Crippen molar-refractivity contribution in [3.63, 3.8) is 0 Å². The minimum atomic E-state index is -0.751. The Labute approximate surface area is 344 Å². The summed E-state index contributed by atoms with van der Waals surface area (Å²) < 4.78 is 0. The van der Waals surface area contributed by atoms with E-state index in [1.54, 1.807) is 0 Å². The van der Waals surface area contributed by atoms with Gasteiger partial charge in [-0.05, 0) is 38.5 Å². The van der Waals surface area contributed by atoms with Gasteiger partial charge in [0, 0.05) is 0 Å². The number of carbonyl (C=O) groups is 1. The lowest BCUT2D eigenvalue weighted by molar-refractivity contribution is -0.125. The van der Waals surface area contributed by atoms with Crippen LogP contribution in [0.1, 0.15) is 277 Å². The molecule has 0 aromatic heterocycles. The van der Waals surface area contributed by atoms with Gasteiger partial charge in [-0.2, -0.15) is 0 Å². The number of amides is 1. The number of carbonyl (C=O) groups excluding carboxylic acids is 1. The van der Waals surface area contributed by atoms with E-state index in [9.17, 15) is 20.1 Å². The van der Waals surface area contributed by atoms with Crippen LogP contribution < -0.4 is 5.32 Å². The summed E-state index contributed by atoms with van der Waals surface area (Å²) in [5, 5.41) is 33.5. The summed E-state index contributed by atoms with van der Waals surface area (Å²) in [5.41, 5.74) is 0. The number of rotatable bonds is 46. The summed E-state index contributed by atoms with van der Waals surface area (Å²) in [7, 11) is 0. The summed E-state index contributed by atoms with van der Waals surface area (Å²) in [6.07, 6.45) is 54.9. The fourth-order valence-electron chi connectivity index (χ4n) is 7.99. The van der Waals surface area contributed by atoms with Crippen molar-refractivity contribution in [2.45, 2.75) is 295 Å². The zero-order valence-electron chi connectivity index (χ0n) is 37.3. The zero-order chi connectivity index (χ0) is 40.1. The van der Waals surface area contributed by atoms with Gasteiger partial charge in [-0.15, -0.1) is 0 Å². The van der Waals surface area contributed by atoms with Gasteiger partial charge in [0.1, 0.15) is 0 Å². The maximum Gasteiger partial charge on any atom is 0.222 e. The third-order valence-electron chi connectivity index (χ3n) is 11.8. The summed E-state index contributed by atoms with van der Waals surface area (Å²) >= 11 is 0. The average Bonchev–Trinajstić information content (AvgIpc) is 3.18. The summed E-state index contributed by atoms with van der Waals surface area (Å²) in [4.78, 5) is 12.5. The molecule has 0 saturated heterocycles. The Hall–Kier alpha value is -0.910. The van der Waals surface area contributed by atoms with Crippen LogP contribution in [0.15, 0.2) is 12.2 Å². The lowest BCUT2D eigenvalue weighted by atomic mass is 10.0. The van der Waals surface area contributed by atoms with E-state index in [4.69, 9.17) is 0 Å². The molecule has 0 aliphatic carbocycles. The van der Waals surface area contributed by atoms with Crippen LogP contribution in [0.3, 0.4) is 0 Å². The van der Waals surface area contributed by atoms with Gasteiger partial charge in [0.15, 0.2) is 0 Å². The van der Waals surface area contributed by atoms with Crippen LogP contribution in [-0.4, -0.2) is 46.1 Å². The maximum atomic E-state index is 12.5. The van der Waals surface area contributed by atoms with E-state index < -0.39 is 18.2 Å². The maximum absolute atomic E-state index is 12.5. The number of aliphatic hydroxyl groups excluding tert-OH is 3. The van der Waals surface area contributed by atoms with Crippen molar-refractivity contribution >= 4 is 5.91 Å². The van der Waals surface area contributed by atoms with E-state index >= 15 is 0 Å². The van der Waals surface area contributed by atoms with Crippen molar-refractivity contribution in [2.24, 2.45) is 0 Å². The molecular formula is C50H99NO4. The molecule has 0 bridgehead atoms. The van der Waals surface area contributed by atoms with Crippen LogP contribution in [0.2, 0.25) is 0 Å². The van der Waals surface area contributed by atoms with Crippen LogP contribution in [0.5, 0.6) is 0 Å². The van der Waals surface area contributed by atoms with Crippen molar-refractivity contribution < 1.29 is 20.1 Å². The Kier molecular flexibility index (Phi) is 45.0. The topological polar surface area (TPSA) is 89.8 Å². The Bertz CT molecular complexity index is 773. The van der Waals surface area contributed by atoms with Crippen LogP contribution in [-0.2, 0) is 4.79 Å². The summed E-state index contributed by atoms with van der Waals surface area (Å²) in [6.45, 7) is 4.28. The van der Waals surface area contributed by atoms with Crippen molar-refractivity contribution in [1.29, 1.82) is 0 Å². The van der Waals surface area contributed by atoms with Crippen LogP contribution in [0, 0.1) is 0 Å². The number of nitrogens with one attached hydrogen (secondary N) is 1. The normalized spacial score (nSPS) is 13.5. The third-order valence-corrected chi connectivity index (χ3v) is 11.8. The molecule has 5 heteroatoms. The van der Waals surface area contributed by atoms with Crippen LogP contribution >= 0.6 is 0 Å².